The summed E-state index contributed by atoms with van der Waals surface area (Å²) in [7, 11) is 1.01. The lowest BCUT2D eigenvalue weighted by Gasteiger charge is -2.11. The smallest absolute Gasteiger partial charge is 0.0213 e. The molecule has 0 saturated carbocycles. The molecule has 1 heteroatoms. The molecule has 1 unspecified atom stereocenters. The second-order valence-corrected chi connectivity index (χ2v) is 6.11. The fourth-order valence-corrected chi connectivity index (χ4v) is 3.60. The van der Waals surface area contributed by atoms with Gasteiger partial charge >= 0.3 is 0 Å². The molecule has 0 aromatic heterocycles. The highest BCUT2D eigenvalue weighted by Crippen LogP contribution is 2.20. The lowest BCUT2D eigenvalue weighted by molar-refractivity contribution is 0.706. The Morgan fingerprint density at radius 3 is 2.12 bits per heavy atom. The average molecular weight is 236 g/mol. The fourth-order valence-electron chi connectivity index (χ4n) is 2.22. The normalized spacial score (nSPS) is 11.5. The van der Waals surface area contributed by atoms with Gasteiger partial charge in [0.15, 0.2) is 0 Å². The first-order chi connectivity index (χ1) is 7.65. The third kappa shape index (κ3) is 4.26. The van der Waals surface area contributed by atoms with Gasteiger partial charge in [-0.2, -0.15) is 0 Å². The second-order valence-electron chi connectivity index (χ2n) is 4.76. The van der Waals surface area contributed by atoms with Crippen LogP contribution in [0.2, 0.25) is 0 Å². The molecule has 0 nitrogen and oxygen atoms in total. The highest BCUT2D eigenvalue weighted by Gasteiger charge is 2.03. The van der Waals surface area contributed by atoms with E-state index in [0.717, 1.165) is 8.58 Å². The summed E-state index contributed by atoms with van der Waals surface area (Å²) >= 11 is 0. The average Bonchev–Trinajstić information content (AvgIpc) is 2.20. The van der Waals surface area contributed by atoms with E-state index < -0.39 is 0 Å². The molecule has 0 aliphatic heterocycles. The van der Waals surface area contributed by atoms with Crippen molar-refractivity contribution in [2.75, 3.05) is 6.16 Å². The quantitative estimate of drug-likeness (QED) is 0.504. The third-order valence-corrected chi connectivity index (χ3v) is 4.75. The highest BCUT2D eigenvalue weighted by atomic mass is 31.1. The monoisotopic (exact) mass is 236 g/mol. The summed E-state index contributed by atoms with van der Waals surface area (Å²) in [6.07, 6.45) is 6.93. The molecule has 1 rings (SSSR count). The van der Waals surface area contributed by atoms with E-state index >= 15 is 0 Å². The van der Waals surface area contributed by atoms with Crippen molar-refractivity contribution in [3.8, 4) is 0 Å². The fraction of sp³-hybridized carbons (Fsp3) is 0.600. The zero-order valence-corrected chi connectivity index (χ0v) is 12.2. The van der Waals surface area contributed by atoms with Crippen molar-refractivity contribution in [2.45, 2.75) is 53.4 Å². The maximum Gasteiger partial charge on any atom is -0.0213 e. The molecule has 1 aromatic rings. The van der Waals surface area contributed by atoms with Gasteiger partial charge in [0.05, 0.1) is 0 Å². The Labute approximate surface area is 103 Å². The van der Waals surface area contributed by atoms with E-state index in [-0.39, 0.29) is 0 Å². The van der Waals surface area contributed by atoms with Gasteiger partial charge < -0.3 is 0 Å². The molecule has 0 aliphatic rings. The molecular weight excluding hydrogens is 211 g/mol. The van der Waals surface area contributed by atoms with Gasteiger partial charge in [-0.25, -0.2) is 0 Å². The van der Waals surface area contributed by atoms with Gasteiger partial charge in [-0.3, -0.25) is 0 Å². The van der Waals surface area contributed by atoms with Crippen LogP contribution in [0.3, 0.4) is 0 Å². The van der Waals surface area contributed by atoms with Crippen molar-refractivity contribution in [3.63, 3.8) is 0 Å². The Kier molecular flexibility index (Phi) is 6.06. The summed E-state index contributed by atoms with van der Waals surface area (Å²) < 4.78 is 0. The summed E-state index contributed by atoms with van der Waals surface area (Å²) in [6, 6.07) is 4.64. The summed E-state index contributed by atoms with van der Waals surface area (Å²) in [6.45, 7) is 8.98. The molecule has 90 valence electrons. The Morgan fingerprint density at radius 2 is 1.56 bits per heavy atom. The third-order valence-electron chi connectivity index (χ3n) is 3.01. The molecule has 16 heavy (non-hydrogen) atoms. The molecule has 0 fully saturated rings. The lowest BCUT2D eigenvalue weighted by Crippen LogP contribution is -2.06. The van der Waals surface area contributed by atoms with Gasteiger partial charge in [-0.05, 0) is 49.8 Å². The van der Waals surface area contributed by atoms with Gasteiger partial charge in [-0.1, -0.05) is 52.5 Å². The van der Waals surface area contributed by atoms with Crippen molar-refractivity contribution >= 4 is 13.9 Å². The molecule has 0 aliphatic carbocycles. The van der Waals surface area contributed by atoms with E-state index in [1.165, 1.54) is 48.5 Å². The summed E-state index contributed by atoms with van der Waals surface area (Å²) in [5.74, 6) is 0. The predicted molar refractivity (Wildman–Crippen MR) is 77.6 cm³/mol. The van der Waals surface area contributed by atoms with Crippen molar-refractivity contribution in [1.82, 2.24) is 0 Å². The van der Waals surface area contributed by atoms with E-state index in [1.807, 2.05) is 0 Å². The first-order valence-electron chi connectivity index (χ1n) is 6.47. The van der Waals surface area contributed by atoms with Gasteiger partial charge in [0.1, 0.15) is 0 Å². The molecule has 0 bridgehead atoms. The Morgan fingerprint density at radius 1 is 0.938 bits per heavy atom. The minimum absolute atomic E-state index is 1.01. The Balaban J connectivity index is 2.47. The number of benzene rings is 1. The van der Waals surface area contributed by atoms with Crippen LogP contribution in [0.5, 0.6) is 0 Å². The number of hydrogen-bond acceptors (Lipinski definition) is 0. The van der Waals surface area contributed by atoms with E-state index in [2.05, 4.69) is 39.8 Å². The number of hydrogen-bond donors (Lipinski definition) is 0. The summed E-state index contributed by atoms with van der Waals surface area (Å²) in [5.41, 5.74) is 4.38. The van der Waals surface area contributed by atoms with Crippen LogP contribution in [0.15, 0.2) is 12.1 Å². The van der Waals surface area contributed by atoms with Gasteiger partial charge in [0.2, 0.25) is 0 Å². The van der Waals surface area contributed by atoms with E-state index in [9.17, 15) is 0 Å². The van der Waals surface area contributed by atoms with Crippen molar-refractivity contribution in [1.29, 1.82) is 0 Å². The predicted octanol–water partition coefficient (Wildman–Crippen LogP) is 4.50. The van der Waals surface area contributed by atoms with Gasteiger partial charge in [0.25, 0.3) is 0 Å². The SMILES string of the molecule is CCCCCCPc1c(C)cc(C)cc1C. The van der Waals surface area contributed by atoms with Crippen LogP contribution in [0.4, 0.5) is 0 Å². The molecule has 0 amide bonds. The number of rotatable bonds is 6. The summed E-state index contributed by atoms with van der Waals surface area (Å²) in [5, 5.41) is 1.61. The molecule has 0 heterocycles. The van der Waals surface area contributed by atoms with Crippen molar-refractivity contribution in [2.24, 2.45) is 0 Å². The van der Waals surface area contributed by atoms with Crippen LogP contribution in [0.25, 0.3) is 0 Å². The summed E-state index contributed by atoms with van der Waals surface area (Å²) in [4.78, 5) is 0. The van der Waals surface area contributed by atoms with Crippen LogP contribution in [-0.4, -0.2) is 6.16 Å². The standard InChI is InChI=1S/C15H25P/c1-5-6-7-8-9-16-15-13(3)10-12(2)11-14(15)4/h10-11,16H,5-9H2,1-4H3. The van der Waals surface area contributed by atoms with Crippen LogP contribution in [0, 0.1) is 20.8 Å². The van der Waals surface area contributed by atoms with E-state index in [1.54, 1.807) is 5.30 Å². The molecular formula is C15H25P. The van der Waals surface area contributed by atoms with Crippen LogP contribution in [0.1, 0.15) is 49.3 Å². The van der Waals surface area contributed by atoms with E-state index in [0.29, 0.717) is 0 Å². The van der Waals surface area contributed by atoms with E-state index in [4.69, 9.17) is 0 Å². The maximum absolute atomic E-state index is 2.32. The van der Waals surface area contributed by atoms with Crippen molar-refractivity contribution in [3.05, 3.63) is 28.8 Å². The minimum Gasteiger partial charge on any atom is -0.0898 e. The molecule has 0 radical (unpaired) electrons. The highest BCUT2D eigenvalue weighted by molar-refractivity contribution is 7.47. The number of unbranched alkanes of at least 4 members (excludes halogenated alkanes) is 3. The topological polar surface area (TPSA) is 0 Å². The van der Waals surface area contributed by atoms with Gasteiger partial charge in [0, 0.05) is 0 Å². The molecule has 1 aromatic carbocycles. The largest absolute Gasteiger partial charge is 0.0898 e. The van der Waals surface area contributed by atoms with Crippen LogP contribution >= 0.6 is 8.58 Å². The van der Waals surface area contributed by atoms with Crippen molar-refractivity contribution < 1.29 is 0 Å². The minimum atomic E-state index is 1.01. The lowest BCUT2D eigenvalue weighted by atomic mass is 10.1. The number of aryl methyl sites for hydroxylation is 3. The maximum atomic E-state index is 2.32. The molecule has 0 saturated heterocycles. The second kappa shape index (κ2) is 7.07. The zero-order valence-electron chi connectivity index (χ0n) is 11.2. The molecule has 1 atom stereocenters. The molecule has 0 N–H and O–H groups in total. The van der Waals surface area contributed by atoms with Gasteiger partial charge in [-0.15, -0.1) is 0 Å². The van der Waals surface area contributed by atoms with Crippen LogP contribution in [-0.2, 0) is 0 Å². The Bertz CT molecular complexity index is 305. The first kappa shape index (κ1) is 13.7. The zero-order chi connectivity index (χ0) is 12.0. The first-order valence-corrected chi connectivity index (χ1v) is 7.67. The Hall–Kier alpha value is -0.350. The van der Waals surface area contributed by atoms with Crippen LogP contribution < -0.4 is 5.30 Å². The molecule has 0 spiro atoms.